The van der Waals surface area contributed by atoms with Crippen LogP contribution in [-0.2, 0) is 14.6 Å². The lowest BCUT2D eigenvalue weighted by atomic mass is 10.3. The zero-order valence-corrected chi connectivity index (χ0v) is 14.9. The summed E-state index contributed by atoms with van der Waals surface area (Å²) in [7, 11) is -2.11. The van der Waals surface area contributed by atoms with Gasteiger partial charge in [-0.2, -0.15) is 8.75 Å². The average Bonchev–Trinajstić information content (AvgIpc) is 3.09. The van der Waals surface area contributed by atoms with Gasteiger partial charge >= 0.3 is 0 Å². The minimum atomic E-state index is -3.64. The maximum Gasteiger partial charge on any atom is 0.225 e. The van der Waals surface area contributed by atoms with E-state index in [-0.39, 0.29) is 23.0 Å². The van der Waals surface area contributed by atoms with Crippen LogP contribution in [0, 0.1) is 0 Å². The molecule has 0 saturated carbocycles. The highest BCUT2D eigenvalue weighted by atomic mass is 32.2. The lowest BCUT2D eigenvalue weighted by Gasteiger charge is -2.08. The summed E-state index contributed by atoms with van der Waals surface area (Å²) in [4.78, 5) is 12.2. The lowest BCUT2D eigenvalue weighted by Crippen LogP contribution is -2.17. The molecule has 2 aromatic carbocycles. The number of nitrogens with zero attached hydrogens (tertiary/aromatic N) is 2. The largest absolute Gasteiger partial charge is 0.497 e. The van der Waals surface area contributed by atoms with E-state index in [2.05, 4.69) is 14.1 Å². The molecule has 25 heavy (non-hydrogen) atoms. The average molecular weight is 377 g/mol. The molecule has 0 aliphatic carbocycles. The van der Waals surface area contributed by atoms with Gasteiger partial charge in [0.1, 0.15) is 16.8 Å². The quantitative estimate of drug-likeness (QED) is 0.709. The van der Waals surface area contributed by atoms with E-state index < -0.39 is 9.84 Å². The van der Waals surface area contributed by atoms with E-state index in [1.54, 1.807) is 36.4 Å². The van der Waals surface area contributed by atoms with E-state index >= 15 is 0 Å². The third kappa shape index (κ3) is 3.94. The predicted octanol–water partition coefficient (Wildman–Crippen LogP) is 2.50. The minimum absolute atomic E-state index is 0.105. The van der Waals surface area contributed by atoms with Crippen LogP contribution in [0.5, 0.6) is 5.75 Å². The molecule has 7 nitrogen and oxygen atoms in total. The molecule has 1 aromatic heterocycles. The number of hydrogen-bond acceptors (Lipinski definition) is 7. The Morgan fingerprint density at radius 1 is 1.20 bits per heavy atom. The number of carbonyl (C=O) groups is 1. The second-order valence-corrected chi connectivity index (χ2v) is 7.84. The standard InChI is InChI=1S/C16H15N3O4S2/c1-23-12-5-2-4-11(10-12)17-15(20)8-9-25(21,22)14-7-3-6-13-16(14)19-24-18-13/h2-7,10H,8-9H2,1H3,(H,17,20). The van der Waals surface area contributed by atoms with Gasteiger partial charge in [-0.15, -0.1) is 0 Å². The van der Waals surface area contributed by atoms with Gasteiger partial charge in [-0.05, 0) is 24.3 Å². The van der Waals surface area contributed by atoms with Crippen LogP contribution in [0.25, 0.3) is 11.0 Å². The number of anilines is 1. The number of rotatable bonds is 6. The smallest absolute Gasteiger partial charge is 0.225 e. The van der Waals surface area contributed by atoms with Crippen molar-refractivity contribution in [2.75, 3.05) is 18.2 Å². The van der Waals surface area contributed by atoms with Crippen molar-refractivity contribution in [2.45, 2.75) is 11.3 Å². The molecule has 9 heteroatoms. The van der Waals surface area contributed by atoms with Crippen LogP contribution in [0.4, 0.5) is 5.69 Å². The molecule has 0 atom stereocenters. The van der Waals surface area contributed by atoms with Gasteiger partial charge in [-0.3, -0.25) is 4.79 Å². The normalized spacial score (nSPS) is 11.4. The molecule has 0 aliphatic rings. The Hall–Kier alpha value is -2.52. The summed E-state index contributed by atoms with van der Waals surface area (Å²) in [5.41, 5.74) is 1.43. The van der Waals surface area contributed by atoms with Crippen LogP contribution in [0.3, 0.4) is 0 Å². The molecule has 1 heterocycles. The third-order valence-electron chi connectivity index (χ3n) is 3.54. The molecule has 0 radical (unpaired) electrons. The van der Waals surface area contributed by atoms with Crippen molar-refractivity contribution in [1.29, 1.82) is 0 Å². The second kappa shape index (κ2) is 7.16. The maximum absolute atomic E-state index is 12.5. The second-order valence-electron chi connectivity index (χ2n) is 5.24. The molecule has 0 fully saturated rings. The van der Waals surface area contributed by atoms with Crippen molar-refractivity contribution in [1.82, 2.24) is 8.75 Å². The Morgan fingerprint density at radius 3 is 2.80 bits per heavy atom. The van der Waals surface area contributed by atoms with E-state index in [1.165, 1.54) is 13.2 Å². The molecule has 1 amide bonds. The number of fused-ring (bicyclic) bond motifs is 1. The van der Waals surface area contributed by atoms with Gasteiger partial charge in [0.2, 0.25) is 5.91 Å². The van der Waals surface area contributed by atoms with Crippen LogP contribution < -0.4 is 10.1 Å². The molecule has 1 N–H and O–H groups in total. The number of hydrogen-bond donors (Lipinski definition) is 1. The Morgan fingerprint density at radius 2 is 2.00 bits per heavy atom. The zero-order chi connectivity index (χ0) is 17.9. The molecule has 0 saturated heterocycles. The first kappa shape index (κ1) is 17.3. The summed E-state index contributed by atoms with van der Waals surface area (Å²) >= 11 is 0.957. The lowest BCUT2D eigenvalue weighted by molar-refractivity contribution is -0.115. The fraction of sp³-hybridized carbons (Fsp3) is 0.188. The van der Waals surface area contributed by atoms with Gasteiger partial charge in [-0.1, -0.05) is 12.1 Å². The van der Waals surface area contributed by atoms with Crippen LogP contribution in [0.2, 0.25) is 0 Å². The fourth-order valence-electron chi connectivity index (χ4n) is 2.29. The van der Waals surface area contributed by atoms with Crippen molar-refractivity contribution in [3.63, 3.8) is 0 Å². The van der Waals surface area contributed by atoms with Gasteiger partial charge in [-0.25, -0.2) is 8.42 Å². The number of nitrogens with one attached hydrogen (secondary N) is 1. The Labute approximate surface area is 148 Å². The highest BCUT2D eigenvalue weighted by molar-refractivity contribution is 7.91. The van der Waals surface area contributed by atoms with E-state index in [4.69, 9.17) is 4.74 Å². The number of aromatic nitrogens is 2. The maximum atomic E-state index is 12.5. The summed E-state index contributed by atoms with van der Waals surface area (Å²) in [5, 5.41) is 2.66. The number of ether oxygens (including phenoxy) is 1. The number of benzene rings is 2. The summed E-state index contributed by atoms with van der Waals surface area (Å²) in [6.45, 7) is 0. The van der Waals surface area contributed by atoms with E-state index in [1.807, 2.05) is 0 Å². The summed E-state index contributed by atoms with van der Waals surface area (Å²) in [6, 6.07) is 11.7. The van der Waals surface area contributed by atoms with E-state index in [9.17, 15) is 13.2 Å². The Kier molecular flexibility index (Phi) is 4.95. The van der Waals surface area contributed by atoms with Crippen LogP contribution in [0.1, 0.15) is 6.42 Å². The van der Waals surface area contributed by atoms with Crippen molar-refractivity contribution >= 4 is 44.2 Å². The first-order chi connectivity index (χ1) is 12.0. The molecule has 0 aliphatic heterocycles. The third-order valence-corrected chi connectivity index (χ3v) is 5.82. The van der Waals surface area contributed by atoms with Gasteiger partial charge in [0.25, 0.3) is 0 Å². The first-order valence-electron chi connectivity index (χ1n) is 7.37. The highest BCUT2D eigenvalue weighted by Crippen LogP contribution is 2.23. The van der Waals surface area contributed by atoms with Crippen LogP contribution in [0.15, 0.2) is 47.4 Å². The monoisotopic (exact) mass is 377 g/mol. The number of carbonyl (C=O) groups excluding carboxylic acids is 1. The van der Waals surface area contributed by atoms with Crippen molar-refractivity contribution in [3.05, 3.63) is 42.5 Å². The summed E-state index contributed by atoms with van der Waals surface area (Å²) < 4.78 is 38.2. The van der Waals surface area contributed by atoms with Crippen molar-refractivity contribution < 1.29 is 17.9 Å². The minimum Gasteiger partial charge on any atom is -0.497 e. The predicted molar refractivity (Wildman–Crippen MR) is 95.7 cm³/mol. The van der Waals surface area contributed by atoms with Crippen LogP contribution >= 0.6 is 11.7 Å². The molecule has 130 valence electrons. The van der Waals surface area contributed by atoms with Crippen LogP contribution in [-0.4, -0.2) is 35.9 Å². The van der Waals surface area contributed by atoms with Gasteiger partial charge in [0, 0.05) is 18.2 Å². The number of methoxy groups -OCH3 is 1. The molecular weight excluding hydrogens is 362 g/mol. The molecule has 0 bridgehead atoms. The Bertz CT molecular complexity index is 1010. The fourth-order valence-corrected chi connectivity index (χ4v) is 4.31. The highest BCUT2D eigenvalue weighted by Gasteiger charge is 2.21. The Balaban J connectivity index is 1.69. The number of sulfone groups is 1. The van der Waals surface area contributed by atoms with Gasteiger partial charge in [0.05, 0.1) is 29.5 Å². The van der Waals surface area contributed by atoms with Crippen molar-refractivity contribution in [2.24, 2.45) is 0 Å². The SMILES string of the molecule is COc1cccc(NC(=O)CCS(=O)(=O)c2cccc3nsnc23)c1. The number of amides is 1. The van der Waals surface area contributed by atoms with Crippen molar-refractivity contribution in [3.8, 4) is 5.75 Å². The van der Waals surface area contributed by atoms with Gasteiger partial charge < -0.3 is 10.1 Å². The molecule has 3 rings (SSSR count). The first-order valence-corrected chi connectivity index (χ1v) is 9.76. The molecule has 3 aromatic rings. The van der Waals surface area contributed by atoms with E-state index in [0.717, 1.165) is 11.7 Å². The zero-order valence-electron chi connectivity index (χ0n) is 13.3. The summed E-state index contributed by atoms with van der Waals surface area (Å²) in [6.07, 6.45) is -0.159. The molecule has 0 unspecified atom stereocenters. The van der Waals surface area contributed by atoms with E-state index in [0.29, 0.717) is 22.5 Å². The topological polar surface area (TPSA) is 98.2 Å². The summed E-state index contributed by atoms with van der Waals surface area (Å²) in [5.74, 6) is -0.0899. The molecule has 0 spiro atoms. The molecular formula is C16H15N3O4S2. The van der Waals surface area contributed by atoms with Gasteiger partial charge in [0.15, 0.2) is 9.84 Å².